The summed E-state index contributed by atoms with van der Waals surface area (Å²) in [5, 5.41) is 11.5. The molecule has 0 aliphatic heterocycles. The molecule has 0 aliphatic rings. The SMILES string of the molecule is Cc1ccc(C)c(C(=O)CCC(=O)O[C@H](C)C(=O)Nc2cccc(C#N)c2)c1. The van der Waals surface area contributed by atoms with Gasteiger partial charge in [-0.3, -0.25) is 14.4 Å². The van der Waals surface area contributed by atoms with Gasteiger partial charge in [-0.05, 0) is 50.6 Å². The number of ether oxygens (including phenoxy) is 1. The lowest BCUT2D eigenvalue weighted by atomic mass is 9.99. The fourth-order valence-electron chi connectivity index (χ4n) is 2.61. The molecular weight excluding hydrogens is 356 g/mol. The Bertz CT molecular complexity index is 944. The number of aryl methyl sites for hydroxylation is 2. The summed E-state index contributed by atoms with van der Waals surface area (Å²) < 4.78 is 5.11. The third kappa shape index (κ3) is 5.78. The van der Waals surface area contributed by atoms with Crippen LogP contribution in [-0.2, 0) is 14.3 Å². The summed E-state index contributed by atoms with van der Waals surface area (Å²) in [7, 11) is 0. The van der Waals surface area contributed by atoms with Gasteiger partial charge in [0.05, 0.1) is 18.1 Å². The quantitative estimate of drug-likeness (QED) is 0.585. The zero-order chi connectivity index (χ0) is 20.7. The fraction of sp³-hybridized carbons (Fsp3) is 0.273. The van der Waals surface area contributed by atoms with Crippen LogP contribution in [0.25, 0.3) is 0 Å². The maximum atomic E-state index is 12.3. The highest BCUT2D eigenvalue weighted by atomic mass is 16.5. The van der Waals surface area contributed by atoms with Crippen LogP contribution < -0.4 is 5.32 Å². The van der Waals surface area contributed by atoms with Gasteiger partial charge in [-0.2, -0.15) is 5.26 Å². The summed E-state index contributed by atoms with van der Waals surface area (Å²) in [6.07, 6.45) is -1.11. The standard InChI is InChI=1S/C22H22N2O4/c1-14-7-8-15(2)19(11-14)20(25)9-10-21(26)28-16(3)22(27)24-18-6-4-5-17(12-18)13-23/h4-8,11-12,16H,9-10H2,1-3H3,(H,24,27)/t16-/m1/s1. The highest BCUT2D eigenvalue weighted by molar-refractivity contribution is 5.99. The van der Waals surface area contributed by atoms with Crippen LogP contribution in [0.1, 0.15) is 46.8 Å². The molecule has 0 saturated carbocycles. The summed E-state index contributed by atoms with van der Waals surface area (Å²) >= 11 is 0. The average Bonchev–Trinajstić information content (AvgIpc) is 2.68. The van der Waals surface area contributed by atoms with Crippen molar-refractivity contribution in [3.8, 4) is 6.07 Å². The van der Waals surface area contributed by atoms with E-state index in [0.717, 1.165) is 11.1 Å². The third-order valence-corrected chi connectivity index (χ3v) is 4.19. The van der Waals surface area contributed by atoms with E-state index in [2.05, 4.69) is 5.32 Å². The van der Waals surface area contributed by atoms with Gasteiger partial charge in [0.25, 0.3) is 5.91 Å². The van der Waals surface area contributed by atoms with E-state index in [4.69, 9.17) is 10.00 Å². The number of Topliss-reactive ketones (excluding diaryl/α,β-unsaturated/α-hetero) is 1. The fourth-order valence-corrected chi connectivity index (χ4v) is 2.61. The number of hydrogen-bond donors (Lipinski definition) is 1. The second-order valence-corrected chi connectivity index (χ2v) is 6.56. The molecule has 0 aliphatic carbocycles. The van der Waals surface area contributed by atoms with E-state index >= 15 is 0 Å². The van der Waals surface area contributed by atoms with Crippen LogP contribution in [0.15, 0.2) is 42.5 Å². The Kier molecular flexibility index (Phi) is 7.05. The number of ketones is 1. The van der Waals surface area contributed by atoms with Crippen LogP contribution >= 0.6 is 0 Å². The molecule has 2 aromatic rings. The van der Waals surface area contributed by atoms with Crippen molar-refractivity contribution in [1.29, 1.82) is 5.26 Å². The summed E-state index contributed by atoms with van der Waals surface area (Å²) in [5.41, 5.74) is 3.28. The van der Waals surface area contributed by atoms with Gasteiger partial charge in [0.1, 0.15) is 0 Å². The van der Waals surface area contributed by atoms with Crippen LogP contribution in [0.4, 0.5) is 5.69 Å². The van der Waals surface area contributed by atoms with Gasteiger partial charge in [-0.15, -0.1) is 0 Å². The Hall–Kier alpha value is -3.46. The molecule has 0 heterocycles. The normalized spacial score (nSPS) is 11.2. The molecule has 0 unspecified atom stereocenters. The van der Waals surface area contributed by atoms with Crippen molar-refractivity contribution < 1.29 is 19.1 Å². The van der Waals surface area contributed by atoms with E-state index in [9.17, 15) is 14.4 Å². The Labute approximate surface area is 164 Å². The molecule has 0 spiro atoms. The minimum absolute atomic E-state index is 0.0156. The first-order chi connectivity index (χ1) is 13.3. The molecule has 28 heavy (non-hydrogen) atoms. The van der Waals surface area contributed by atoms with Crippen molar-refractivity contribution >= 4 is 23.3 Å². The molecule has 2 rings (SSSR count). The first-order valence-corrected chi connectivity index (χ1v) is 8.91. The van der Waals surface area contributed by atoms with Crippen molar-refractivity contribution in [2.24, 2.45) is 0 Å². The molecule has 0 fully saturated rings. The molecule has 1 N–H and O–H groups in total. The van der Waals surface area contributed by atoms with Crippen molar-refractivity contribution in [1.82, 2.24) is 0 Å². The molecule has 0 aromatic heterocycles. The predicted octanol–water partition coefficient (Wildman–Crippen LogP) is 3.71. The number of nitrogens with one attached hydrogen (secondary N) is 1. The number of amides is 1. The molecule has 6 nitrogen and oxygen atoms in total. The number of rotatable bonds is 7. The number of anilines is 1. The second-order valence-electron chi connectivity index (χ2n) is 6.56. The van der Waals surface area contributed by atoms with E-state index in [0.29, 0.717) is 16.8 Å². The maximum Gasteiger partial charge on any atom is 0.307 e. The highest BCUT2D eigenvalue weighted by Gasteiger charge is 2.19. The second kappa shape index (κ2) is 9.47. The number of carbonyl (C=O) groups excluding carboxylic acids is 3. The van der Waals surface area contributed by atoms with Crippen LogP contribution in [0.2, 0.25) is 0 Å². The van der Waals surface area contributed by atoms with E-state index in [1.807, 2.05) is 32.0 Å². The zero-order valence-electron chi connectivity index (χ0n) is 16.1. The first kappa shape index (κ1) is 20.8. The minimum atomic E-state index is -1.02. The van der Waals surface area contributed by atoms with Crippen LogP contribution in [-0.4, -0.2) is 23.8 Å². The molecule has 144 valence electrons. The molecule has 0 radical (unpaired) electrons. The first-order valence-electron chi connectivity index (χ1n) is 8.91. The van der Waals surface area contributed by atoms with Gasteiger partial charge in [-0.1, -0.05) is 23.8 Å². The predicted molar refractivity (Wildman–Crippen MR) is 105 cm³/mol. The van der Waals surface area contributed by atoms with Crippen molar-refractivity contribution in [2.45, 2.75) is 39.7 Å². The van der Waals surface area contributed by atoms with Gasteiger partial charge in [-0.25, -0.2) is 0 Å². The number of benzene rings is 2. The Balaban J connectivity index is 1.86. The van der Waals surface area contributed by atoms with Crippen LogP contribution in [0, 0.1) is 25.2 Å². The Morgan fingerprint density at radius 2 is 1.86 bits per heavy atom. The smallest absolute Gasteiger partial charge is 0.307 e. The molecular formula is C22H22N2O4. The van der Waals surface area contributed by atoms with Crippen LogP contribution in [0.3, 0.4) is 0 Å². The zero-order valence-corrected chi connectivity index (χ0v) is 16.1. The number of nitrogens with zero attached hydrogens (tertiary/aromatic N) is 1. The maximum absolute atomic E-state index is 12.3. The lowest BCUT2D eigenvalue weighted by Crippen LogP contribution is -2.30. The topological polar surface area (TPSA) is 96.3 Å². The Morgan fingerprint density at radius 1 is 1.11 bits per heavy atom. The average molecular weight is 378 g/mol. The number of esters is 1. The lowest BCUT2D eigenvalue weighted by molar-refractivity contribution is -0.153. The van der Waals surface area contributed by atoms with E-state index in [-0.39, 0.29) is 18.6 Å². The minimum Gasteiger partial charge on any atom is -0.453 e. The van der Waals surface area contributed by atoms with Crippen molar-refractivity contribution in [3.63, 3.8) is 0 Å². The van der Waals surface area contributed by atoms with E-state index in [1.54, 1.807) is 24.3 Å². The molecule has 0 saturated heterocycles. The van der Waals surface area contributed by atoms with Gasteiger partial charge < -0.3 is 10.1 Å². The monoisotopic (exact) mass is 378 g/mol. The van der Waals surface area contributed by atoms with E-state index in [1.165, 1.54) is 13.0 Å². The summed E-state index contributed by atoms with van der Waals surface area (Å²) in [5.74, 6) is -1.26. The van der Waals surface area contributed by atoms with Gasteiger partial charge in [0, 0.05) is 17.7 Å². The summed E-state index contributed by atoms with van der Waals surface area (Å²) in [6.45, 7) is 5.20. The molecule has 1 amide bonds. The Morgan fingerprint density at radius 3 is 2.57 bits per heavy atom. The van der Waals surface area contributed by atoms with Gasteiger partial charge >= 0.3 is 5.97 Å². The van der Waals surface area contributed by atoms with Gasteiger partial charge in [0.2, 0.25) is 0 Å². The molecule has 6 heteroatoms. The lowest BCUT2D eigenvalue weighted by Gasteiger charge is -2.13. The number of carbonyl (C=O) groups is 3. The summed E-state index contributed by atoms with van der Waals surface area (Å²) in [6, 6.07) is 14.0. The third-order valence-electron chi connectivity index (χ3n) is 4.19. The van der Waals surface area contributed by atoms with Gasteiger partial charge in [0.15, 0.2) is 11.9 Å². The number of nitriles is 1. The highest BCUT2D eigenvalue weighted by Crippen LogP contribution is 2.15. The largest absolute Gasteiger partial charge is 0.453 e. The van der Waals surface area contributed by atoms with Crippen molar-refractivity contribution in [3.05, 3.63) is 64.7 Å². The van der Waals surface area contributed by atoms with E-state index < -0.39 is 18.0 Å². The molecule has 1 atom stereocenters. The molecule has 0 bridgehead atoms. The summed E-state index contributed by atoms with van der Waals surface area (Å²) in [4.78, 5) is 36.5. The van der Waals surface area contributed by atoms with Crippen LogP contribution in [0.5, 0.6) is 0 Å². The van der Waals surface area contributed by atoms with Crippen molar-refractivity contribution in [2.75, 3.05) is 5.32 Å². The number of hydrogen-bond acceptors (Lipinski definition) is 5. The molecule has 2 aromatic carbocycles.